The summed E-state index contributed by atoms with van der Waals surface area (Å²) >= 11 is 1.56. The lowest BCUT2D eigenvalue weighted by atomic mass is 10.1. The number of thioether (sulfide) groups is 1. The van der Waals surface area contributed by atoms with Gasteiger partial charge in [0.1, 0.15) is 0 Å². The Morgan fingerprint density at radius 3 is 2.91 bits per heavy atom. The zero-order chi connectivity index (χ0) is 16.4. The Bertz CT molecular complexity index is 706. The molecule has 1 saturated heterocycles. The van der Waals surface area contributed by atoms with Crippen molar-refractivity contribution in [1.82, 2.24) is 4.31 Å². The predicted octanol–water partition coefficient (Wildman–Crippen LogP) is 1.62. The van der Waals surface area contributed by atoms with Crippen LogP contribution in [0.2, 0.25) is 0 Å². The fourth-order valence-electron chi connectivity index (χ4n) is 2.84. The molecule has 0 saturated carbocycles. The van der Waals surface area contributed by atoms with Crippen molar-refractivity contribution in [3.63, 3.8) is 0 Å². The Labute approximate surface area is 140 Å². The number of carbonyl (C=O) groups is 1. The second-order valence-electron chi connectivity index (χ2n) is 5.90. The number of fused-ring (bicyclic) bond motifs is 1. The van der Waals surface area contributed by atoms with Crippen molar-refractivity contribution >= 4 is 33.4 Å². The molecule has 126 valence electrons. The zero-order valence-corrected chi connectivity index (χ0v) is 14.5. The van der Waals surface area contributed by atoms with Crippen LogP contribution in [0.25, 0.3) is 0 Å². The van der Waals surface area contributed by atoms with Crippen molar-refractivity contribution in [2.45, 2.75) is 41.5 Å². The van der Waals surface area contributed by atoms with Crippen molar-refractivity contribution in [3.05, 3.63) is 18.2 Å². The van der Waals surface area contributed by atoms with Crippen LogP contribution in [-0.2, 0) is 14.8 Å². The van der Waals surface area contributed by atoms with Crippen molar-refractivity contribution < 1.29 is 13.2 Å². The highest BCUT2D eigenvalue weighted by Gasteiger charge is 2.28. The van der Waals surface area contributed by atoms with Crippen LogP contribution in [0, 0.1) is 0 Å². The van der Waals surface area contributed by atoms with Gasteiger partial charge in [0.2, 0.25) is 15.9 Å². The number of hydrogen-bond donors (Lipinski definition) is 2. The number of rotatable bonds is 2. The highest BCUT2D eigenvalue weighted by molar-refractivity contribution is 7.99. The molecule has 2 aliphatic rings. The van der Waals surface area contributed by atoms with E-state index in [-0.39, 0.29) is 16.8 Å². The number of nitrogens with zero attached hydrogens (tertiary/aromatic N) is 1. The lowest BCUT2D eigenvalue weighted by molar-refractivity contribution is -0.115. The van der Waals surface area contributed by atoms with Crippen molar-refractivity contribution in [2.75, 3.05) is 24.2 Å². The third-order valence-electron chi connectivity index (χ3n) is 4.18. The van der Waals surface area contributed by atoms with Gasteiger partial charge in [0.15, 0.2) is 0 Å². The number of nitrogens with one attached hydrogen (secondary N) is 1. The van der Waals surface area contributed by atoms with Crippen molar-refractivity contribution in [2.24, 2.45) is 5.73 Å². The maximum Gasteiger partial charge on any atom is 0.243 e. The van der Waals surface area contributed by atoms with E-state index in [4.69, 9.17) is 5.73 Å². The zero-order valence-electron chi connectivity index (χ0n) is 12.8. The first-order valence-corrected chi connectivity index (χ1v) is 10.2. The SMILES string of the molecule is N[C@@H]1CCCN(S(=O)(=O)c2ccc3c(c2)NC(=O)CCS3)CC1. The summed E-state index contributed by atoms with van der Waals surface area (Å²) in [4.78, 5) is 12.8. The van der Waals surface area contributed by atoms with Crippen molar-refractivity contribution in [1.29, 1.82) is 0 Å². The van der Waals surface area contributed by atoms with Gasteiger partial charge in [0.25, 0.3) is 0 Å². The normalized spacial score (nSPS) is 23.5. The summed E-state index contributed by atoms with van der Waals surface area (Å²) in [5.41, 5.74) is 6.52. The number of sulfonamides is 1. The molecule has 0 spiro atoms. The molecule has 0 aliphatic carbocycles. The van der Waals surface area contributed by atoms with Crippen molar-refractivity contribution in [3.8, 4) is 0 Å². The molecule has 23 heavy (non-hydrogen) atoms. The molecule has 3 N–H and O–H groups in total. The van der Waals surface area contributed by atoms with E-state index in [0.717, 1.165) is 17.7 Å². The molecule has 8 heteroatoms. The first-order valence-electron chi connectivity index (χ1n) is 7.79. The second kappa shape index (κ2) is 6.80. The van der Waals surface area contributed by atoms with E-state index in [1.54, 1.807) is 30.0 Å². The Hall–Kier alpha value is -1.09. The molecule has 1 aromatic carbocycles. The van der Waals surface area contributed by atoms with E-state index >= 15 is 0 Å². The van der Waals surface area contributed by atoms with Gasteiger partial charge in [-0.25, -0.2) is 8.42 Å². The van der Waals surface area contributed by atoms with Crippen LogP contribution in [0.5, 0.6) is 0 Å². The number of amides is 1. The summed E-state index contributed by atoms with van der Waals surface area (Å²) < 4.78 is 27.2. The summed E-state index contributed by atoms with van der Waals surface area (Å²) in [6.07, 6.45) is 2.74. The fourth-order valence-corrected chi connectivity index (χ4v) is 5.30. The van der Waals surface area contributed by atoms with Gasteiger partial charge in [-0.1, -0.05) is 0 Å². The maximum atomic E-state index is 12.9. The van der Waals surface area contributed by atoms with Crippen LogP contribution in [0.15, 0.2) is 28.0 Å². The van der Waals surface area contributed by atoms with Gasteiger partial charge in [-0.15, -0.1) is 11.8 Å². The number of carbonyl (C=O) groups excluding carboxylic acids is 1. The van der Waals surface area contributed by atoms with Gasteiger partial charge in [-0.3, -0.25) is 4.79 Å². The van der Waals surface area contributed by atoms with Gasteiger partial charge >= 0.3 is 0 Å². The summed E-state index contributed by atoms with van der Waals surface area (Å²) in [7, 11) is -3.55. The van der Waals surface area contributed by atoms with E-state index in [0.29, 0.717) is 37.4 Å². The Balaban J connectivity index is 1.89. The molecule has 6 nitrogen and oxygen atoms in total. The first-order chi connectivity index (χ1) is 11.0. The highest BCUT2D eigenvalue weighted by atomic mass is 32.2. The van der Waals surface area contributed by atoms with Crippen LogP contribution >= 0.6 is 11.8 Å². The molecule has 2 aliphatic heterocycles. The third-order valence-corrected chi connectivity index (χ3v) is 7.15. The van der Waals surface area contributed by atoms with E-state index in [1.807, 2.05) is 0 Å². The summed E-state index contributed by atoms with van der Waals surface area (Å²) in [5, 5.41) is 2.79. The van der Waals surface area contributed by atoms with Gasteiger partial charge in [-0.05, 0) is 37.5 Å². The summed E-state index contributed by atoms with van der Waals surface area (Å²) in [5.74, 6) is 0.626. The van der Waals surface area contributed by atoms with Crippen LogP contribution < -0.4 is 11.1 Å². The van der Waals surface area contributed by atoms with Crippen LogP contribution in [-0.4, -0.2) is 43.5 Å². The molecular formula is C15H21N3O3S2. The van der Waals surface area contributed by atoms with Gasteiger partial charge in [0.05, 0.1) is 10.6 Å². The number of anilines is 1. The Kier molecular flexibility index (Phi) is 4.96. The molecular weight excluding hydrogens is 334 g/mol. The summed E-state index contributed by atoms with van der Waals surface area (Å²) in [6.45, 7) is 0.940. The Morgan fingerprint density at radius 1 is 1.26 bits per heavy atom. The predicted molar refractivity (Wildman–Crippen MR) is 91.0 cm³/mol. The highest BCUT2D eigenvalue weighted by Crippen LogP contribution is 2.33. The standard InChI is InChI=1S/C15H21N3O3S2/c16-11-2-1-7-18(8-5-11)23(20,21)12-3-4-14-13(10-12)17-15(19)6-9-22-14/h3-4,10-11H,1-2,5-9,16H2,(H,17,19)/t11-/m1/s1. The fraction of sp³-hybridized carbons (Fsp3) is 0.533. The van der Waals surface area contributed by atoms with Gasteiger partial charge in [-0.2, -0.15) is 4.31 Å². The van der Waals surface area contributed by atoms with Crippen LogP contribution in [0.3, 0.4) is 0 Å². The largest absolute Gasteiger partial charge is 0.328 e. The molecule has 0 bridgehead atoms. The molecule has 0 radical (unpaired) electrons. The number of benzene rings is 1. The lowest BCUT2D eigenvalue weighted by Crippen LogP contribution is -2.33. The summed E-state index contributed by atoms with van der Waals surface area (Å²) in [6, 6.07) is 5.05. The molecule has 1 fully saturated rings. The average Bonchev–Trinajstić information content (AvgIpc) is 2.83. The molecule has 1 aromatic rings. The molecule has 0 aromatic heterocycles. The quantitative estimate of drug-likeness (QED) is 0.841. The van der Waals surface area contributed by atoms with E-state index < -0.39 is 10.0 Å². The maximum absolute atomic E-state index is 12.9. The smallest absolute Gasteiger partial charge is 0.243 e. The Morgan fingerprint density at radius 2 is 2.09 bits per heavy atom. The number of nitrogens with two attached hydrogens (primary N) is 1. The van der Waals surface area contributed by atoms with E-state index in [9.17, 15) is 13.2 Å². The van der Waals surface area contributed by atoms with Gasteiger partial charge < -0.3 is 11.1 Å². The van der Waals surface area contributed by atoms with Crippen LogP contribution in [0.1, 0.15) is 25.7 Å². The second-order valence-corrected chi connectivity index (χ2v) is 8.97. The molecule has 3 rings (SSSR count). The molecule has 1 atom stereocenters. The minimum Gasteiger partial charge on any atom is -0.328 e. The topological polar surface area (TPSA) is 92.5 Å². The third kappa shape index (κ3) is 3.71. The van der Waals surface area contributed by atoms with E-state index in [1.165, 1.54) is 4.31 Å². The molecule has 1 amide bonds. The minimum absolute atomic E-state index is 0.0675. The van der Waals surface area contributed by atoms with Gasteiger partial charge in [0, 0.05) is 36.2 Å². The number of hydrogen-bond acceptors (Lipinski definition) is 5. The van der Waals surface area contributed by atoms with E-state index in [2.05, 4.69) is 5.32 Å². The first kappa shape index (κ1) is 16.8. The monoisotopic (exact) mass is 355 g/mol. The molecule has 2 heterocycles. The molecule has 0 unspecified atom stereocenters. The lowest BCUT2D eigenvalue weighted by Gasteiger charge is -2.20. The minimum atomic E-state index is -3.55. The van der Waals surface area contributed by atoms with Crippen LogP contribution in [0.4, 0.5) is 5.69 Å². The average molecular weight is 355 g/mol.